The number of aliphatic hydroxyl groups excluding tert-OH is 1. The minimum absolute atomic E-state index is 0.242. The molecular weight excluding hydrogens is 529 g/mol. The number of ether oxygens (including phenoxy) is 1. The highest BCUT2D eigenvalue weighted by Crippen LogP contribution is 2.66. The molecule has 1 aromatic heterocycles. The third-order valence-electron chi connectivity index (χ3n) is 4.12. The topological polar surface area (TPSA) is 270 Å². The van der Waals surface area contributed by atoms with Crippen molar-refractivity contribution in [3.05, 3.63) is 22.5 Å². The predicted octanol–water partition coefficient (Wildman–Crippen LogP) is -1.34. The zero-order valence-corrected chi connectivity index (χ0v) is 18.8. The van der Waals surface area contributed by atoms with Crippen LogP contribution in [0.4, 0.5) is 14.6 Å². The van der Waals surface area contributed by atoms with Gasteiger partial charge in [-0.2, -0.15) is 13.6 Å². The summed E-state index contributed by atoms with van der Waals surface area (Å²) < 4.78 is 78.3. The Labute approximate surface area is 181 Å². The fraction of sp³-hybridized carbons (Fsp3) is 0.636. The molecule has 1 fully saturated rings. The first-order chi connectivity index (χ1) is 14.8. The Kier molecular flexibility index (Phi) is 8.05. The van der Waals surface area contributed by atoms with E-state index in [1.807, 2.05) is 0 Å². The molecule has 190 valence electrons. The number of aromatic nitrogens is 2. The van der Waals surface area contributed by atoms with E-state index in [-0.39, 0.29) is 4.57 Å². The fourth-order valence-electron chi connectivity index (χ4n) is 2.79. The van der Waals surface area contributed by atoms with Crippen molar-refractivity contribution in [3.8, 4) is 0 Å². The Morgan fingerprint density at radius 3 is 2.36 bits per heavy atom. The van der Waals surface area contributed by atoms with Gasteiger partial charge in [-0.25, -0.2) is 27.3 Å². The van der Waals surface area contributed by atoms with Gasteiger partial charge in [-0.15, -0.1) is 0 Å². The predicted molar refractivity (Wildman–Crippen MR) is 98.1 cm³/mol. The molecule has 22 heteroatoms. The summed E-state index contributed by atoms with van der Waals surface area (Å²) in [5, 5.41) is 20.8. The number of hydrogen-bond acceptors (Lipinski definition) is 12. The van der Waals surface area contributed by atoms with Gasteiger partial charge in [0.15, 0.2) is 23.5 Å². The highest BCUT2D eigenvalue weighted by molar-refractivity contribution is 7.66. The van der Waals surface area contributed by atoms with Crippen molar-refractivity contribution in [2.75, 3.05) is 12.4 Å². The second-order valence-corrected chi connectivity index (χ2v) is 11.0. The SMILES string of the molecule is C[C@H](OP(=O)(O)OP(=O)(O)OP(=O)(O)O)[C@H]1O[C@@H](n2cc(F)c(N)nc2=O)[C@@](O)(CF)C1O. The van der Waals surface area contributed by atoms with Gasteiger partial charge in [0, 0.05) is 0 Å². The summed E-state index contributed by atoms with van der Waals surface area (Å²) in [6.07, 6.45) is -7.96. The first-order valence-corrected chi connectivity index (χ1v) is 12.8. The normalized spacial score (nSPS) is 30.5. The van der Waals surface area contributed by atoms with Crippen molar-refractivity contribution in [2.45, 2.75) is 37.1 Å². The summed E-state index contributed by atoms with van der Waals surface area (Å²) in [7, 11) is -17.2. The Bertz CT molecular complexity index is 1100. The zero-order valence-electron chi connectivity index (χ0n) is 16.1. The average molecular weight is 547 g/mol. The lowest BCUT2D eigenvalue weighted by Crippen LogP contribution is -2.51. The number of aliphatic hydroxyl groups is 2. The Balaban J connectivity index is 2.29. The van der Waals surface area contributed by atoms with Crippen LogP contribution in [-0.4, -0.2) is 69.9 Å². The zero-order chi connectivity index (χ0) is 25.6. The van der Waals surface area contributed by atoms with Crippen molar-refractivity contribution < 1.29 is 70.1 Å². The molecule has 0 amide bonds. The third kappa shape index (κ3) is 6.49. The number of nitrogens with two attached hydrogens (primary N) is 1. The van der Waals surface area contributed by atoms with Crippen molar-refractivity contribution in [3.63, 3.8) is 0 Å². The van der Waals surface area contributed by atoms with E-state index >= 15 is 0 Å². The lowest BCUT2D eigenvalue weighted by Gasteiger charge is -2.29. The number of anilines is 1. The number of phosphoric acid groups is 3. The average Bonchev–Trinajstić information content (AvgIpc) is 2.87. The molecular formula is C11H18F2N3O14P3. The lowest BCUT2D eigenvalue weighted by molar-refractivity contribution is -0.122. The maximum Gasteiger partial charge on any atom is 0.490 e. The van der Waals surface area contributed by atoms with E-state index in [1.54, 1.807) is 0 Å². The Morgan fingerprint density at radius 2 is 1.85 bits per heavy atom. The van der Waals surface area contributed by atoms with Gasteiger partial charge in [-0.3, -0.25) is 9.09 Å². The second-order valence-electron chi connectivity index (χ2n) is 6.59. The van der Waals surface area contributed by atoms with Crippen molar-refractivity contribution in [2.24, 2.45) is 0 Å². The Morgan fingerprint density at radius 1 is 1.27 bits per heavy atom. The molecule has 0 bridgehead atoms. The summed E-state index contributed by atoms with van der Waals surface area (Å²) in [6, 6.07) is 0. The van der Waals surface area contributed by atoms with Crippen molar-refractivity contribution in [1.82, 2.24) is 9.55 Å². The molecule has 1 aliphatic rings. The van der Waals surface area contributed by atoms with E-state index < -0.39 is 77.6 Å². The van der Waals surface area contributed by atoms with Gasteiger partial charge in [-0.05, 0) is 6.92 Å². The molecule has 1 aliphatic heterocycles. The third-order valence-corrected chi connectivity index (χ3v) is 8.04. The van der Waals surface area contributed by atoms with Crippen LogP contribution in [-0.2, 0) is 31.6 Å². The van der Waals surface area contributed by atoms with Gasteiger partial charge in [0.25, 0.3) is 0 Å². The number of hydrogen-bond donors (Lipinski definition) is 7. The summed E-state index contributed by atoms with van der Waals surface area (Å²) in [6.45, 7) is -0.937. The summed E-state index contributed by atoms with van der Waals surface area (Å²) >= 11 is 0. The molecule has 2 heterocycles. The van der Waals surface area contributed by atoms with Crippen LogP contribution in [0.15, 0.2) is 11.0 Å². The van der Waals surface area contributed by atoms with Crippen molar-refractivity contribution in [1.29, 1.82) is 0 Å². The fourth-order valence-corrected chi connectivity index (χ4v) is 5.99. The van der Waals surface area contributed by atoms with E-state index in [4.69, 9.17) is 25.2 Å². The van der Waals surface area contributed by atoms with E-state index in [2.05, 4.69) is 18.1 Å². The van der Waals surface area contributed by atoms with Crippen LogP contribution in [0, 0.1) is 5.82 Å². The summed E-state index contributed by atoms with van der Waals surface area (Å²) in [5.74, 6) is -2.12. The summed E-state index contributed by atoms with van der Waals surface area (Å²) in [5.41, 5.74) is 0.842. The number of halogens is 2. The maximum absolute atomic E-state index is 13.7. The number of nitrogen functional groups attached to an aromatic ring is 1. The molecule has 0 aliphatic carbocycles. The molecule has 1 saturated heterocycles. The van der Waals surface area contributed by atoms with Gasteiger partial charge in [0.2, 0.25) is 0 Å². The van der Waals surface area contributed by atoms with E-state index in [0.717, 1.165) is 6.92 Å². The largest absolute Gasteiger partial charge is 0.490 e. The van der Waals surface area contributed by atoms with Gasteiger partial charge >= 0.3 is 29.2 Å². The van der Waals surface area contributed by atoms with Gasteiger partial charge < -0.3 is 40.3 Å². The molecule has 0 saturated carbocycles. The molecule has 1 aromatic rings. The standard InChI is InChI=1S/C11H18F2N3O14P3/c1-4(28-32(23,24)30-33(25,26)29-31(20,21)22)6-7(17)11(19,3-12)9(27-6)16-2-5(13)8(14)15-10(16)18/h2,4,6-7,9,17,19H,3H2,1H3,(H,23,24)(H,25,26)(H2,14,15,18)(H2,20,21,22)/t4-,6+,7?,9+,11+/m0/s1. The molecule has 2 rings (SSSR count). The Hall–Kier alpha value is -1.17. The second kappa shape index (κ2) is 9.47. The molecule has 33 heavy (non-hydrogen) atoms. The highest BCUT2D eigenvalue weighted by Gasteiger charge is 2.59. The van der Waals surface area contributed by atoms with Crippen LogP contribution in [0.3, 0.4) is 0 Å². The van der Waals surface area contributed by atoms with Crippen LogP contribution in [0.5, 0.6) is 0 Å². The first kappa shape index (κ1) is 28.1. The number of rotatable bonds is 9. The molecule has 8 N–H and O–H groups in total. The van der Waals surface area contributed by atoms with E-state index in [1.165, 1.54) is 0 Å². The van der Waals surface area contributed by atoms with E-state index in [9.17, 15) is 42.4 Å². The van der Waals surface area contributed by atoms with Crippen LogP contribution < -0.4 is 11.4 Å². The minimum atomic E-state index is -5.87. The number of nitrogens with zero attached hydrogens (tertiary/aromatic N) is 2. The molecule has 17 nitrogen and oxygen atoms in total. The van der Waals surface area contributed by atoms with Crippen LogP contribution in [0.25, 0.3) is 0 Å². The molecule has 3 unspecified atom stereocenters. The molecule has 0 radical (unpaired) electrons. The van der Waals surface area contributed by atoms with Crippen LogP contribution >= 0.6 is 23.5 Å². The molecule has 0 spiro atoms. The maximum atomic E-state index is 13.7. The van der Waals surface area contributed by atoms with Crippen LogP contribution in [0.1, 0.15) is 13.2 Å². The quantitative estimate of drug-likeness (QED) is 0.176. The van der Waals surface area contributed by atoms with E-state index in [0.29, 0.717) is 6.20 Å². The monoisotopic (exact) mass is 547 g/mol. The summed E-state index contributed by atoms with van der Waals surface area (Å²) in [4.78, 5) is 50.8. The molecule has 0 aromatic carbocycles. The molecule has 7 atom stereocenters. The lowest BCUT2D eigenvalue weighted by atomic mass is 9.93. The van der Waals surface area contributed by atoms with Crippen molar-refractivity contribution >= 4 is 29.3 Å². The first-order valence-electron chi connectivity index (χ1n) is 8.30. The highest BCUT2D eigenvalue weighted by atomic mass is 31.3. The van der Waals surface area contributed by atoms with Gasteiger partial charge in [0.1, 0.15) is 18.9 Å². The number of alkyl halides is 1. The minimum Gasteiger partial charge on any atom is -0.387 e. The smallest absolute Gasteiger partial charge is 0.387 e. The van der Waals surface area contributed by atoms with Gasteiger partial charge in [0.05, 0.1) is 12.3 Å². The number of phosphoric ester groups is 1. The van der Waals surface area contributed by atoms with Gasteiger partial charge in [-0.1, -0.05) is 0 Å². The van der Waals surface area contributed by atoms with Crippen LogP contribution in [0.2, 0.25) is 0 Å².